The van der Waals surface area contributed by atoms with Gasteiger partial charge in [0.2, 0.25) is 5.91 Å². The number of benzene rings is 1. The number of Topliss-reactive ketones (excluding diaryl/α,β-unsaturated/α-hetero) is 1. The number of ketones is 1. The summed E-state index contributed by atoms with van der Waals surface area (Å²) in [4.78, 5) is 29.2. The van der Waals surface area contributed by atoms with Crippen LogP contribution in [0.4, 0.5) is 5.13 Å². The predicted molar refractivity (Wildman–Crippen MR) is 87.5 cm³/mol. The molecule has 1 atom stereocenters. The Bertz CT molecular complexity index is 694. The standard InChI is InChI=1S/C17H18N2O2S/c1-2-6-15(21)19-17-18-13-9-12(10-14(20)16(13)22-17)11-7-4-3-5-8-11/h3-5,7-8,12H,2,6,9-10H2,1H3,(H,18,19,21)/t12-/m1/s1. The first-order chi connectivity index (χ1) is 10.7. The van der Waals surface area contributed by atoms with Gasteiger partial charge in [0.05, 0.1) is 10.6 Å². The van der Waals surface area contributed by atoms with Gasteiger partial charge < -0.3 is 5.32 Å². The van der Waals surface area contributed by atoms with Gasteiger partial charge in [-0.25, -0.2) is 4.98 Å². The minimum absolute atomic E-state index is 0.0411. The van der Waals surface area contributed by atoms with Crippen LogP contribution >= 0.6 is 11.3 Å². The fourth-order valence-corrected chi connectivity index (χ4v) is 3.71. The number of thiazole rings is 1. The molecule has 1 aliphatic carbocycles. The number of nitrogens with zero attached hydrogens (tertiary/aromatic N) is 1. The summed E-state index contributed by atoms with van der Waals surface area (Å²) in [7, 11) is 0. The van der Waals surface area contributed by atoms with Crippen molar-refractivity contribution in [1.82, 2.24) is 4.98 Å². The number of amides is 1. The van der Waals surface area contributed by atoms with E-state index in [0.717, 1.165) is 18.5 Å². The Balaban J connectivity index is 1.80. The highest BCUT2D eigenvalue weighted by Crippen LogP contribution is 2.36. The van der Waals surface area contributed by atoms with Crippen molar-refractivity contribution in [3.63, 3.8) is 0 Å². The molecule has 0 radical (unpaired) electrons. The second-order valence-electron chi connectivity index (χ2n) is 5.53. The molecule has 1 N–H and O–H groups in total. The average Bonchev–Trinajstić information content (AvgIpc) is 2.91. The van der Waals surface area contributed by atoms with E-state index in [1.807, 2.05) is 25.1 Å². The molecule has 0 saturated heterocycles. The van der Waals surface area contributed by atoms with Gasteiger partial charge in [0.15, 0.2) is 10.9 Å². The normalized spacial score (nSPS) is 17.1. The topological polar surface area (TPSA) is 59.1 Å². The van der Waals surface area contributed by atoms with Crippen molar-refractivity contribution in [3.05, 3.63) is 46.5 Å². The maximum absolute atomic E-state index is 12.4. The molecule has 0 unspecified atom stereocenters. The van der Waals surface area contributed by atoms with Gasteiger partial charge in [0.25, 0.3) is 0 Å². The van der Waals surface area contributed by atoms with Crippen LogP contribution in [0.15, 0.2) is 30.3 Å². The summed E-state index contributed by atoms with van der Waals surface area (Å²) in [6.07, 6.45) is 2.55. The van der Waals surface area contributed by atoms with E-state index in [2.05, 4.69) is 22.4 Å². The van der Waals surface area contributed by atoms with Crippen molar-refractivity contribution in [2.45, 2.75) is 38.5 Å². The Morgan fingerprint density at radius 1 is 1.32 bits per heavy atom. The first-order valence-electron chi connectivity index (χ1n) is 7.55. The molecule has 1 aromatic carbocycles. The Hall–Kier alpha value is -2.01. The van der Waals surface area contributed by atoms with Crippen molar-refractivity contribution in [2.24, 2.45) is 0 Å². The molecule has 0 spiro atoms. The molecule has 1 amide bonds. The SMILES string of the molecule is CCCC(=O)Nc1nc2c(s1)C(=O)C[C@H](c1ccccc1)C2. The molecule has 0 bridgehead atoms. The molecule has 2 aromatic rings. The first kappa shape index (κ1) is 14.9. The zero-order chi connectivity index (χ0) is 15.5. The molecule has 1 heterocycles. The van der Waals surface area contributed by atoms with Crippen molar-refractivity contribution in [2.75, 3.05) is 5.32 Å². The number of nitrogens with one attached hydrogen (secondary N) is 1. The Morgan fingerprint density at radius 2 is 2.09 bits per heavy atom. The van der Waals surface area contributed by atoms with Crippen molar-refractivity contribution in [3.8, 4) is 0 Å². The van der Waals surface area contributed by atoms with E-state index in [1.165, 1.54) is 16.9 Å². The zero-order valence-electron chi connectivity index (χ0n) is 12.5. The molecular formula is C17H18N2O2S. The maximum Gasteiger partial charge on any atom is 0.226 e. The predicted octanol–water partition coefficient (Wildman–Crippen LogP) is 3.79. The van der Waals surface area contributed by atoms with Gasteiger partial charge in [-0.3, -0.25) is 9.59 Å². The molecular weight excluding hydrogens is 296 g/mol. The zero-order valence-corrected chi connectivity index (χ0v) is 13.3. The number of fused-ring (bicyclic) bond motifs is 1. The summed E-state index contributed by atoms with van der Waals surface area (Å²) < 4.78 is 0. The summed E-state index contributed by atoms with van der Waals surface area (Å²) in [6, 6.07) is 10.1. The van der Waals surface area contributed by atoms with Crippen LogP contribution in [0.25, 0.3) is 0 Å². The van der Waals surface area contributed by atoms with E-state index in [0.29, 0.717) is 22.9 Å². The third-order valence-corrected chi connectivity index (χ3v) is 4.87. The monoisotopic (exact) mass is 314 g/mol. The van der Waals surface area contributed by atoms with Gasteiger partial charge in [-0.05, 0) is 24.3 Å². The third kappa shape index (κ3) is 3.09. The van der Waals surface area contributed by atoms with Gasteiger partial charge in [0, 0.05) is 12.8 Å². The third-order valence-electron chi connectivity index (χ3n) is 3.82. The van der Waals surface area contributed by atoms with E-state index in [4.69, 9.17) is 0 Å². The smallest absolute Gasteiger partial charge is 0.226 e. The second-order valence-corrected chi connectivity index (χ2v) is 6.53. The summed E-state index contributed by atoms with van der Waals surface area (Å²) in [5.41, 5.74) is 1.99. The van der Waals surface area contributed by atoms with Crippen LogP contribution in [0.2, 0.25) is 0 Å². The highest BCUT2D eigenvalue weighted by molar-refractivity contribution is 7.17. The van der Waals surface area contributed by atoms with E-state index >= 15 is 0 Å². The number of anilines is 1. The van der Waals surface area contributed by atoms with E-state index in [9.17, 15) is 9.59 Å². The molecule has 3 rings (SSSR count). The Morgan fingerprint density at radius 3 is 2.82 bits per heavy atom. The summed E-state index contributed by atoms with van der Waals surface area (Å²) >= 11 is 1.30. The van der Waals surface area contributed by atoms with Crippen LogP contribution in [0.1, 0.15) is 53.0 Å². The number of hydrogen-bond acceptors (Lipinski definition) is 4. The van der Waals surface area contributed by atoms with Crippen LogP contribution in [0, 0.1) is 0 Å². The van der Waals surface area contributed by atoms with E-state index in [-0.39, 0.29) is 17.6 Å². The lowest BCUT2D eigenvalue weighted by molar-refractivity contribution is -0.116. The molecule has 114 valence electrons. The molecule has 4 nitrogen and oxygen atoms in total. The molecule has 0 saturated carbocycles. The fourth-order valence-electron chi connectivity index (χ4n) is 2.75. The van der Waals surface area contributed by atoms with Crippen LogP contribution in [-0.4, -0.2) is 16.7 Å². The Labute approximate surface area is 133 Å². The molecule has 5 heteroatoms. The maximum atomic E-state index is 12.4. The minimum atomic E-state index is -0.0411. The molecule has 22 heavy (non-hydrogen) atoms. The van der Waals surface area contributed by atoms with Crippen molar-refractivity contribution < 1.29 is 9.59 Å². The van der Waals surface area contributed by atoms with Gasteiger partial charge in [-0.1, -0.05) is 48.6 Å². The molecule has 0 fully saturated rings. The number of rotatable bonds is 4. The van der Waals surface area contributed by atoms with Crippen LogP contribution < -0.4 is 5.32 Å². The van der Waals surface area contributed by atoms with E-state index < -0.39 is 0 Å². The summed E-state index contributed by atoms with van der Waals surface area (Å²) in [5.74, 6) is 0.270. The summed E-state index contributed by atoms with van der Waals surface area (Å²) in [5, 5.41) is 3.34. The minimum Gasteiger partial charge on any atom is -0.302 e. The largest absolute Gasteiger partial charge is 0.302 e. The highest BCUT2D eigenvalue weighted by Gasteiger charge is 2.29. The quantitative estimate of drug-likeness (QED) is 0.934. The number of aromatic nitrogens is 1. The lowest BCUT2D eigenvalue weighted by atomic mass is 9.85. The fraction of sp³-hybridized carbons (Fsp3) is 0.353. The number of carbonyl (C=O) groups excluding carboxylic acids is 2. The van der Waals surface area contributed by atoms with Gasteiger partial charge in [-0.2, -0.15) is 0 Å². The lowest BCUT2D eigenvalue weighted by Crippen LogP contribution is -2.17. The van der Waals surface area contributed by atoms with Gasteiger partial charge >= 0.3 is 0 Å². The average molecular weight is 314 g/mol. The molecule has 0 aliphatic heterocycles. The summed E-state index contributed by atoms with van der Waals surface area (Å²) in [6.45, 7) is 1.96. The van der Waals surface area contributed by atoms with Crippen LogP contribution in [0.3, 0.4) is 0 Å². The van der Waals surface area contributed by atoms with Crippen molar-refractivity contribution >= 4 is 28.2 Å². The lowest BCUT2D eigenvalue weighted by Gasteiger charge is -2.20. The highest BCUT2D eigenvalue weighted by atomic mass is 32.1. The first-order valence-corrected chi connectivity index (χ1v) is 8.36. The number of carbonyl (C=O) groups is 2. The van der Waals surface area contributed by atoms with Crippen LogP contribution in [0.5, 0.6) is 0 Å². The second kappa shape index (κ2) is 6.40. The number of hydrogen-bond donors (Lipinski definition) is 1. The Kier molecular flexibility index (Phi) is 4.34. The van der Waals surface area contributed by atoms with Crippen molar-refractivity contribution in [1.29, 1.82) is 0 Å². The van der Waals surface area contributed by atoms with Gasteiger partial charge in [-0.15, -0.1) is 0 Å². The van der Waals surface area contributed by atoms with Crippen LogP contribution in [-0.2, 0) is 11.2 Å². The molecule has 1 aliphatic rings. The van der Waals surface area contributed by atoms with E-state index in [1.54, 1.807) is 0 Å². The van der Waals surface area contributed by atoms with Gasteiger partial charge in [0.1, 0.15) is 0 Å². The molecule has 1 aromatic heterocycles.